The lowest BCUT2D eigenvalue weighted by molar-refractivity contribution is -0.121. The van der Waals surface area contributed by atoms with Gasteiger partial charge in [-0.2, -0.15) is 30.6 Å². The van der Waals surface area contributed by atoms with E-state index >= 15 is 0 Å². The van der Waals surface area contributed by atoms with E-state index in [-0.39, 0.29) is 37.6 Å². The van der Waals surface area contributed by atoms with E-state index in [4.69, 9.17) is 0 Å². The molecular weight excluding hydrogens is 295 g/mol. The number of nitrogens with one attached hydrogen (secondary N) is 2. The van der Waals surface area contributed by atoms with Crippen LogP contribution in [-0.2, 0) is 10.2 Å². The molecular formula is C8H17ClF3N3O2S. The predicted octanol–water partition coefficient (Wildman–Crippen LogP) is 0.487. The van der Waals surface area contributed by atoms with E-state index in [1.54, 1.807) is 18.6 Å². The fourth-order valence-corrected chi connectivity index (χ4v) is 3.11. The molecule has 2 unspecified atom stereocenters. The van der Waals surface area contributed by atoms with Crippen LogP contribution in [0.15, 0.2) is 0 Å². The van der Waals surface area contributed by atoms with Crippen molar-refractivity contribution in [1.29, 1.82) is 0 Å². The second-order valence-electron chi connectivity index (χ2n) is 4.23. The smallest absolute Gasteiger partial charge is 0.309 e. The van der Waals surface area contributed by atoms with Gasteiger partial charge in [0.25, 0.3) is 10.2 Å². The van der Waals surface area contributed by atoms with E-state index in [1.807, 2.05) is 0 Å². The molecule has 0 spiro atoms. The summed E-state index contributed by atoms with van der Waals surface area (Å²) in [6, 6.07) is -0.164. The van der Waals surface area contributed by atoms with Crippen molar-refractivity contribution in [2.75, 3.05) is 19.6 Å². The predicted molar refractivity (Wildman–Crippen MR) is 63.9 cm³/mol. The molecule has 1 aliphatic rings. The van der Waals surface area contributed by atoms with Gasteiger partial charge in [-0.05, 0) is 13.8 Å². The van der Waals surface area contributed by atoms with Gasteiger partial charge in [0, 0.05) is 25.2 Å². The first-order chi connectivity index (χ1) is 7.60. The van der Waals surface area contributed by atoms with Crippen molar-refractivity contribution < 1.29 is 21.6 Å². The highest BCUT2D eigenvalue weighted by Crippen LogP contribution is 2.14. The summed E-state index contributed by atoms with van der Waals surface area (Å²) in [5, 5.41) is 3.10. The van der Waals surface area contributed by atoms with E-state index < -0.39 is 22.9 Å². The van der Waals surface area contributed by atoms with Gasteiger partial charge in [0.15, 0.2) is 0 Å². The maximum atomic E-state index is 11.9. The highest BCUT2D eigenvalue weighted by molar-refractivity contribution is 7.87. The molecule has 1 aliphatic heterocycles. The third kappa shape index (κ3) is 5.70. The zero-order chi connectivity index (χ0) is 13.3. The average Bonchev–Trinajstić information content (AvgIpc) is 2.12. The summed E-state index contributed by atoms with van der Waals surface area (Å²) in [6.07, 6.45) is -4.54. The van der Waals surface area contributed by atoms with Crippen molar-refractivity contribution in [2.45, 2.75) is 32.1 Å². The number of rotatable bonds is 3. The molecule has 0 radical (unpaired) electrons. The molecule has 2 atom stereocenters. The van der Waals surface area contributed by atoms with Gasteiger partial charge in [-0.1, -0.05) is 0 Å². The number of piperazine rings is 1. The van der Waals surface area contributed by atoms with Crippen molar-refractivity contribution in [3.8, 4) is 0 Å². The number of alkyl halides is 3. The summed E-state index contributed by atoms with van der Waals surface area (Å²) in [5.74, 6) is 0. The van der Waals surface area contributed by atoms with E-state index in [2.05, 4.69) is 5.32 Å². The van der Waals surface area contributed by atoms with Crippen LogP contribution in [0.2, 0.25) is 0 Å². The Morgan fingerprint density at radius 1 is 1.28 bits per heavy atom. The average molecular weight is 312 g/mol. The van der Waals surface area contributed by atoms with E-state index in [1.165, 1.54) is 0 Å². The number of nitrogens with zero attached hydrogens (tertiary/aromatic N) is 1. The topological polar surface area (TPSA) is 61.4 Å². The fourth-order valence-electron chi connectivity index (χ4n) is 1.74. The lowest BCUT2D eigenvalue weighted by Crippen LogP contribution is -2.58. The molecule has 0 amide bonds. The number of hydrogen-bond donors (Lipinski definition) is 2. The Hall–Kier alpha value is -0.0900. The van der Waals surface area contributed by atoms with Gasteiger partial charge in [0.05, 0.1) is 0 Å². The largest absolute Gasteiger partial charge is 0.402 e. The van der Waals surface area contributed by atoms with Crippen LogP contribution in [0.25, 0.3) is 0 Å². The molecule has 1 saturated heterocycles. The SMILES string of the molecule is CC1CN(S(=O)(=O)NCC(F)(F)F)CC(C)N1.Cl. The third-order valence-corrected chi connectivity index (χ3v) is 3.81. The summed E-state index contributed by atoms with van der Waals surface area (Å²) in [5.41, 5.74) is 0. The van der Waals surface area contributed by atoms with E-state index in [9.17, 15) is 21.6 Å². The Morgan fingerprint density at radius 2 is 1.72 bits per heavy atom. The zero-order valence-corrected chi connectivity index (χ0v) is 11.6. The summed E-state index contributed by atoms with van der Waals surface area (Å²) in [7, 11) is -4.06. The second-order valence-corrected chi connectivity index (χ2v) is 5.98. The summed E-state index contributed by atoms with van der Waals surface area (Å²) >= 11 is 0. The lowest BCUT2D eigenvalue weighted by Gasteiger charge is -2.35. The Morgan fingerprint density at radius 3 is 2.11 bits per heavy atom. The maximum absolute atomic E-state index is 11.9. The third-order valence-electron chi connectivity index (χ3n) is 2.32. The minimum atomic E-state index is -4.54. The minimum absolute atomic E-state index is 0. The molecule has 10 heteroatoms. The number of hydrogen-bond acceptors (Lipinski definition) is 3. The molecule has 1 fully saturated rings. The van der Waals surface area contributed by atoms with E-state index in [0.29, 0.717) is 0 Å². The summed E-state index contributed by atoms with van der Waals surface area (Å²) in [4.78, 5) is 0. The highest BCUT2D eigenvalue weighted by Gasteiger charge is 2.34. The first-order valence-electron chi connectivity index (χ1n) is 5.18. The zero-order valence-electron chi connectivity index (χ0n) is 9.99. The van der Waals surface area contributed by atoms with Crippen LogP contribution in [0, 0.1) is 0 Å². The van der Waals surface area contributed by atoms with Gasteiger partial charge in [0.2, 0.25) is 0 Å². The van der Waals surface area contributed by atoms with Crippen molar-refractivity contribution in [1.82, 2.24) is 14.3 Å². The van der Waals surface area contributed by atoms with E-state index in [0.717, 1.165) is 4.31 Å². The lowest BCUT2D eigenvalue weighted by atomic mass is 10.2. The molecule has 0 aromatic rings. The first kappa shape index (κ1) is 17.9. The molecule has 110 valence electrons. The van der Waals surface area contributed by atoms with Crippen molar-refractivity contribution in [3.63, 3.8) is 0 Å². The van der Waals surface area contributed by atoms with Crippen LogP contribution in [0.3, 0.4) is 0 Å². The molecule has 1 heterocycles. The highest BCUT2D eigenvalue weighted by atomic mass is 35.5. The Labute approximate surface area is 111 Å². The monoisotopic (exact) mass is 311 g/mol. The first-order valence-corrected chi connectivity index (χ1v) is 6.62. The number of halogens is 4. The van der Waals surface area contributed by atoms with Crippen LogP contribution in [0.5, 0.6) is 0 Å². The van der Waals surface area contributed by atoms with Gasteiger partial charge in [-0.25, -0.2) is 0 Å². The molecule has 2 N–H and O–H groups in total. The standard InChI is InChI=1S/C8H16F3N3O2S.ClH/c1-6-3-14(4-7(2)13-6)17(15,16)12-5-8(9,10)11;/h6-7,12-13H,3-5H2,1-2H3;1H. The quantitative estimate of drug-likeness (QED) is 0.797. The molecule has 0 saturated carbocycles. The van der Waals surface area contributed by atoms with Gasteiger partial charge < -0.3 is 5.32 Å². The maximum Gasteiger partial charge on any atom is 0.402 e. The van der Waals surface area contributed by atoms with Crippen LogP contribution in [-0.4, -0.2) is 50.6 Å². The molecule has 0 bridgehead atoms. The molecule has 0 aliphatic carbocycles. The normalized spacial score (nSPS) is 26.7. The van der Waals surface area contributed by atoms with Gasteiger partial charge in [0.1, 0.15) is 6.54 Å². The summed E-state index contributed by atoms with van der Waals surface area (Å²) < 4.78 is 61.7. The second kappa shape index (κ2) is 6.38. The van der Waals surface area contributed by atoms with Crippen LogP contribution < -0.4 is 10.0 Å². The minimum Gasteiger partial charge on any atom is -0.309 e. The fraction of sp³-hybridized carbons (Fsp3) is 1.00. The molecule has 18 heavy (non-hydrogen) atoms. The van der Waals surface area contributed by atoms with Gasteiger partial charge in [-0.3, -0.25) is 0 Å². The van der Waals surface area contributed by atoms with Gasteiger partial charge in [-0.15, -0.1) is 12.4 Å². The Balaban J connectivity index is 0.00000289. The van der Waals surface area contributed by atoms with Crippen LogP contribution in [0.1, 0.15) is 13.8 Å². The molecule has 1 rings (SSSR count). The van der Waals surface area contributed by atoms with Crippen molar-refractivity contribution in [3.05, 3.63) is 0 Å². The van der Waals surface area contributed by atoms with Gasteiger partial charge >= 0.3 is 6.18 Å². The van der Waals surface area contributed by atoms with Crippen molar-refractivity contribution in [2.24, 2.45) is 0 Å². The summed E-state index contributed by atoms with van der Waals surface area (Å²) in [6.45, 7) is 2.35. The molecule has 0 aromatic heterocycles. The van der Waals surface area contributed by atoms with Crippen molar-refractivity contribution >= 4 is 22.6 Å². The Kier molecular flexibility index (Phi) is 6.34. The Bertz CT molecular complexity index is 353. The van der Waals surface area contributed by atoms with Crippen LogP contribution >= 0.6 is 12.4 Å². The van der Waals surface area contributed by atoms with Crippen LogP contribution in [0.4, 0.5) is 13.2 Å². The molecule has 5 nitrogen and oxygen atoms in total. The molecule has 0 aromatic carbocycles.